The molecule has 2 amide bonds. The van der Waals surface area contributed by atoms with Crippen molar-refractivity contribution >= 4 is 55.5 Å². The van der Waals surface area contributed by atoms with Crippen molar-refractivity contribution in [2.75, 3.05) is 11.9 Å². The van der Waals surface area contributed by atoms with E-state index >= 15 is 0 Å². The molecule has 1 aliphatic carbocycles. The van der Waals surface area contributed by atoms with E-state index in [1.807, 2.05) is 36.4 Å². The Balaban J connectivity index is 1.43. The highest BCUT2D eigenvalue weighted by molar-refractivity contribution is 9.11. The summed E-state index contributed by atoms with van der Waals surface area (Å²) in [5.41, 5.74) is 4.45. The van der Waals surface area contributed by atoms with Gasteiger partial charge >= 0.3 is 12.1 Å². The number of carboxylic acid groups (broad SMARTS) is 1. The summed E-state index contributed by atoms with van der Waals surface area (Å²) in [6, 6.07) is 18.1. The molecular formula is C26H22Br2N2O5. The van der Waals surface area contributed by atoms with E-state index in [2.05, 4.69) is 54.6 Å². The number of amides is 2. The fourth-order valence-electron chi connectivity index (χ4n) is 4.21. The standard InChI is InChI=1S/C26H22Br2N2O5/c1-2-22(24(31)30-23-19(25(32)33)11-14(27)12-21(23)28)29-26(34)35-13-20-17-9-5-3-7-15(17)16-8-4-6-10-18(16)20/h3-12,20,22H,2,13H2,1H3,(H,29,34)(H,30,31)(H,32,33)/t22-/m0/s1. The molecule has 9 heteroatoms. The Bertz CT molecular complexity index is 1270. The predicted octanol–water partition coefficient (Wildman–Crippen LogP) is 6.17. The second-order valence-corrected chi connectivity index (χ2v) is 9.81. The van der Waals surface area contributed by atoms with Gasteiger partial charge in [-0.3, -0.25) is 4.79 Å². The third-order valence-electron chi connectivity index (χ3n) is 5.89. The molecule has 0 fully saturated rings. The Morgan fingerprint density at radius 3 is 2.17 bits per heavy atom. The lowest BCUT2D eigenvalue weighted by molar-refractivity contribution is -0.118. The summed E-state index contributed by atoms with van der Waals surface area (Å²) >= 11 is 6.53. The van der Waals surface area contributed by atoms with Gasteiger partial charge in [-0.05, 0) is 56.7 Å². The molecule has 0 aromatic heterocycles. The third kappa shape index (κ3) is 5.26. The molecule has 0 spiro atoms. The second kappa shape index (κ2) is 10.6. The molecule has 0 aliphatic heterocycles. The van der Waals surface area contributed by atoms with Gasteiger partial charge in [0.25, 0.3) is 0 Å². The monoisotopic (exact) mass is 600 g/mol. The zero-order valence-corrected chi connectivity index (χ0v) is 21.9. The van der Waals surface area contributed by atoms with Crippen molar-refractivity contribution in [2.45, 2.75) is 25.3 Å². The molecule has 1 atom stereocenters. The highest BCUT2D eigenvalue weighted by Crippen LogP contribution is 2.44. The van der Waals surface area contributed by atoms with Gasteiger partial charge in [0.1, 0.15) is 12.6 Å². The van der Waals surface area contributed by atoms with Crippen molar-refractivity contribution in [1.29, 1.82) is 0 Å². The van der Waals surface area contributed by atoms with E-state index in [0.717, 1.165) is 22.3 Å². The van der Waals surface area contributed by atoms with Gasteiger partial charge in [-0.2, -0.15) is 0 Å². The smallest absolute Gasteiger partial charge is 0.407 e. The maximum atomic E-state index is 12.9. The van der Waals surface area contributed by atoms with Crippen LogP contribution < -0.4 is 10.6 Å². The lowest BCUT2D eigenvalue weighted by Gasteiger charge is -2.20. The number of carbonyl (C=O) groups excluding carboxylic acids is 2. The molecule has 3 N–H and O–H groups in total. The first-order valence-corrected chi connectivity index (χ1v) is 12.5. The number of anilines is 1. The summed E-state index contributed by atoms with van der Waals surface area (Å²) in [6.45, 7) is 1.86. The molecule has 180 valence electrons. The number of alkyl carbamates (subject to hydrolysis) is 1. The minimum atomic E-state index is -1.19. The average Bonchev–Trinajstić information content (AvgIpc) is 3.16. The summed E-state index contributed by atoms with van der Waals surface area (Å²) in [7, 11) is 0. The van der Waals surface area contributed by atoms with E-state index < -0.39 is 24.0 Å². The maximum Gasteiger partial charge on any atom is 0.407 e. The summed E-state index contributed by atoms with van der Waals surface area (Å²) in [6.07, 6.45) is -0.436. The van der Waals surface area contributed by atoms with Gasteiger partial charge < -0.3 is 20.5 Å². The van der Waals surface area contributed by atoms with Gasteiger partial charge in [-0.15, -0.1) is 0 Å². The molecule has 0 bridgehead atoms. The fourth-order valence-corrected chi connectivity index (χ4v) is 5.54. The number of benzene rings is 3. The summed E-state index contributed by atoms with van der Waals surface area (Å²) in [5, 5.41) is 14.7. The Morgan fingerprint density at radius 1 is 1.00 bits per heavy atom. The number of rotatable bonds is 7. The van der Waals surface area contributed by atoms with Crippen LogP contribution in [0.4, 0.5) is 10.5 Å². The quantitative estimate of drug-likeness (QED) is 0.301. The van der Waals surface area contributed by atoms with E-state index in [0.29, 0.717) is 8.95 Å². The largest absolute Gasteiger partial charge is 0.478 e. The van der Waals surface area contributed by atoms with Gasteiger partial charge in [0.05, 0.1) is 11.3 Å². The Labute approximate surface area is 219 Å². The molecule has 35 heavy (non-hydrogen) atoms. The lowest BCUT2D eigenvalue weighted by atomic mass is 9.98. The highest BCUT2D eigenvalue weighted by Gasteiger charge is 2.30. The van der Waals surface area contributed by atoms with Gasteiger partial charge in [0, 0.05) is 14.9 Å². The molecule has 3 aromatic rings. The third-order valence-corrected chi connectivity index (χ3v) is 6.98. The zero-order chi connectivity index (χ0) is 25.1. The van der Waals surface area contributed by atoms with Crippen LogP contribution in [0.5, 0.6) is 0 Å². The number of nitrogens with one attached hydrogen (secondary N) is 2. The number of carbonyl (C=O) groups is 3. The van der Waals surface area contributed by atoms with Crippen LogP contribution in [0.1, 0.15) is 40.7 Å². The van der Waals surface area contributed by atoms with E-state index in [4.69, 9.17) is 4.74 Å². The van der Waals surface area contributed by atoms with Crippen molar-refractivity contribution in [1.82, 2.24) is 5.32 Å². The van der Waals surface area contributed by atoms with E-state index in [9.17, 15) is 19.5 Å². The molecule has 0 heterocycles. The van der Waals surface area contributed by atoms with Crippen LogP contribution in [0.25, 0.3) is 11.1 Å². The maximum absolute atomic E-state index is 12.9. The van der Waals surface area contributed by atoms with Crippen LogP contribution in [0, 0.1) is 0 Å². The Kier molecular flexibility index (Phi) is 7.57. The van der Waals surface area contributed by atoms with Crippen LogP contribution in [-0.4, -0.2) is 35.7 Å². The molecular weight excluding hydrogens is 580 g/mol. The first kappa shape index (κ1) is 24.9. The number of hydrogen-bond acceptors (Lipinski definition) is 4. The number of aromatic carboxylic acids is 1. The topological polar surface area (TPSA) is 105 Å². The Hall–Kier alpha value is -3.17. The van der Waals surface area contributed by atoms with Crippen molar-refractivity contribution in [3.63, 3.8) is 0 Å². The first-order valence-electron chi connectivity index (χ1n) is 10.9. The minimum Gasteiger partial charge on any atom is -0.478 e. The summed E-state index contributed by atoms with van der Waals surface area (Å²) in [5.74, 6) is -1.84. The molecule has 1 aliphatic rings. The molecule has 0 saturated heterocycles. The first-order chi connectivity index (χ1) is 16.8. The second-order valence-electron chi connectivity index (χ2n) is 8.04. The van der Waals surface area contributed by atoms with Crippen molar-refractivity contribution in [3.05, 3.63) is 86.3 Å². The fraction of sp³-hybridized carbons (Fsp3) is 0.192. The van der Waals surface area contributed by atoms with Crippen LogP contribution in [0.2, 0.25) is 0 Å². The molecule has 0 saturated carbocycles. The molecule has 3 aromatic carbocycles. The van der Waals surface area contributed by atoms with E-state index in [1.54, 1.807) is 13.0 Å². The van der Waals surface area contributed by atoms with Crippen LogP contribution in [-0.2, 0) is 9.53 Å². The number of carboxylic acids is 1. The van der Waals surface area contributed by atoms with E-state index in [-0.39, 0.29) is 30.2 Å². The van der Waals surface area contributed by atoms with Crippen LogP contribution in [0.15, 0.2) is 69.6 Å². The number of fused-ring (bicyclic) bond motifs is 3. The minimum absolute atomic E-state index is 0.0874. The van der Waals surface area contributed by atoms with Crippen molar-refractivity contribution in [3.8, 4) is 11.1 Å². The predicted molar refractivity (Wildman–Crippen MR) is 140 cm³/mol. The van der Waals surface area contributed by atoms with Crippen molar-refractivity contribution < 1.29 is 24.2 Å². The average molecular weight is 602 g/mol. The lowest BCUT2D eigenvalue weighted by Crippen LogP contribution is -2.44. The van der Waals surface area contributed by atoms with Gasteiger partial charge in [-0.25, -0.2) is 9.59 Å². The van der Waals surface area contributed by atoms with Crippen LogP contribution >= 0.6 is 31.9 Å². The summed E-state index contributed by atoms with van der Waals surface area (Å²) < 4.78 is 6.48. The van der Waals surface area contributed by atoms with Gasteiger partial charge in [0.15, 0.2) is 0 Å². The van der Waals surface area contributed by atoms with E-state index in [1.165, 1.54) is 6.07 Å². The SMILES string of the molecule is CC[C@H](NC(=O)OCC1c2ccccc2-c2ccccc21)C(=O)Nc1c(Br)cc(Br)cc1C(=O)O. The summed E-state index contributed by atoms with van der Waals surface area (Å²) in [4.78, 5) is 37.1. The van der Waals surface area contributed by atoms with Crippen LogP contribution in [0.3, 0.4) is 0 Å². The number of halogens is 2. The molecule has 7 nitrogen and oxygen atoms in total. The van der Waals surface area contributed by atoms with Gasteiger partial charge in [-0.1, -0.05) is 71.4 Å². The normalized spacial score (nSPS) is 12.9. The zero-order valence-electron chi connectivity index (χ0n) is 18.7. The number of hydrogen-bond donors (Lipinski definition) is 3. The Morgan fingerprint density at radius 2 is 1.60 bits per heavy atom. The highest BCUT2D eigenvalue weighted by atomic mass is 79.9. The molecule has 0 radical (unpaired) electrons. The molecule has 0 unspecified atom stereocenters. The van der Waals surface area contributed by atoms with Gasteiger partial charge in [0.2, 0.25) is 5.91 Å². The van der Waals surface area contributed by atoms with Crippen molar-refractivity contribution in [2.24, 2.45) is 0 Å². The molecule has 4 rings (SSSR count). The number of ether oxygens (including phenoxy) is 1.